The van der Waals surface area contributed by atoms with Gasteiger partial charge in [0, 0.05) is 23.6 Å². The van der Waals surface area contributed by atoms with E-state index in [9.17, 15) is 18.0 Å². The van der Waals surface area contributed by atoms with Gasteiger partial charge >= 0.3 is 12.1 Å². The zero-order valence-electron chi connectivity index (χ0n) is 16.7. The third kappa shape index (κ3) is 5.68. The van der Waals surface area contributed by atoms with Crippen LogP contribution in [0.2, 0.25) is 0 Å². The first-order valence-corrected chi connectivity index (χ1v) is 9.40. The Balaban J connectivity index is 1.82. The van der Waals surface area contributed by atoms with Crippen molar-refractivity contribution in [1.29, 1.82) is 0 Å². The molecular weight excluding hydrogens is 411 g/mol. The predicted molar refractivity (Wildman–Crippen MR) is 110 cm³/mol. The summed E-state index contributed by atoms with van der Waals surface area (Å²) in [6.07, 6.45) is -1.51. The minimum Gasteiger partial charge on any atom is -0.480 e. The zero-order chi connectivity index (χ0) is 22.6. The summed E-state index contributed by atoms with van der Waals surface area (Å²) in [6, 6.07) is 8.92. The second-order valence-corrected chi connectivity index (χ2v) is 6.85. The summed E-state index contributed by atoms with van der Waals surface area (Å²) in [7, 11) is 0. The molecule has 1 atom stereocenters. The number of carbonyl (C=O) groups is 1. The first kappa shape index (κ1) is 22.0. The van der Waals surface area contributed by atoms with E-state index in [0.717, 1.165) is 29.0 Å². The van der Waals surface area contributed by atoms with Gasteiger partial charge in [0.1, 0.15) is 17.6 Å². The number of hydrogen-bond acceptors (Lipinski definition) is 6. The smallest absolute Gasteiger partial charge is 0.433 e. The standard InChI is InChI=1S/C21H20F3N5O2/c1-3-16(19(30)31)28-18-5-4-13(11-26-18)14-8-12(2)9-15(10-14)27-20-25-7-6-17(29-20)21(22,23)24/h4-11,16H,3H2,1-2H3,(H,26,28)(H,30,31)(H,25,27,29). The molecule has 3 aromatic rings. The number of aryl methyl sites for hydroxylation is 1. The molecule has 2 heterocycles. The molecule has 0 aliphatic rings. The number of nitrogens with zero attached hydrogens (tertiary/aromatic N) is 3. The summed E-state index contributed by atoms with van der Waals surface area (Å²) in [6.45, 7) is 3.61. The van der Waals surface area contributed by atoms with Crippen molar-refractivity contribution in [2.75, 3.05) is 10.6 Å². The Hall–Kier alpha value is -3.69. The summed E-state index contributed by atoms with van der Waals surface area (Å²) >= 11 is 0. The largest absolute Gasteiger partial charge is 0.480 e. The van der Waals surface area contributed by atoms with Gasteiger partial charge in [-0.2, -0.15) is 13.2 Å². The number of pyridine rings is 1. The number of aliphatic carboxylic acids is 1. The maximum absolute atomic E-state index is 12.9. The van der Waals surface area contributed by atoms with Crippen LogP contribution in [0.5, 0.6) is 0 Å². The summed E-state index contributed by atoms with van der Waals surface area (Å²) in [5.74, 6) is -0.690. The lowest BCUT2D eigenvalue weighted by molar-refractivity contribution is -0.141. The topological polar surface area (TPSA) is 100 Å². The lowest BCUT2D eigenvalue weighted by atomic mass is 10.0. The van der Waals surface area contributed by atoms with E-state index in [2.05, 4.69) is 25.6 Å². The number of rotatable bonds is 7. The van der Waals surface area contributed by atoms with Crippen LogP contribution < -0.4 is 10.6 Å². The molecule has 0 bridgehead atoms. The van der Waals surface area contributed by atoms with Crippen LogP contribution in [0, 0.1) is 6.92 Å². The number of benzene rings is 1. The van der Waals surface area contributed by atoms with Crippen molar-refractivity contribution in [3.63, 3.8) is 0 Å². The minimum atomic E-state index is -4.56. The number of hydrogen-bond donors (Lipinski definition) is 3. The monoisotopic (exact) mass is 431 g/mol. The van der Waals surface area contributed by atoms with E-state index in [1.807, 2.05) is 13.0 Å². The van der Waals surface area contributed by atoms with Crippen molar-refractivity contribution < 1.29 is 23.1 Å². The van der Waals surface area contributed by atoms with E-state index < -0.39 is 23.9 Å². The van der Waals surface area contributed by atoms with Crippen LogP contribution >= 0.6 is 0 Å². The van der Waals surface area contributed by atoms with Crippen LogP contribution in [0.25, 0.3) is 11.1 Å². The first-order chi connectivity index (χ1) is 14.7. The number of halogens is 3. The molecule has 0 amide bonds. The average molecular weight is 431 g/mol. The van der Waals surface area contributed by atoms with Gasteiger partial charge in [0.2, 0.25) is 5.95 Å². The van der Waals surface area contributed by atoms with E-state index in [0.29, 0.717) is 17.9 Å². The van der Waals surface area contributed by atoms with Crippen LogP contribution in [-0.2, 0) is 11.0 Å². The molecule has 0 aliphatic heterocycles. The Morgan fingerprint density at radius 2 is 1.90 bits per heavy atom. The van der Waals surface area contributed by atoms with Crippen LogP contribution in [0.3, 0.4) is 0 Å². The fourth-order valence-electron chi connectivity index (χ4n) is 2.89. The number of carboxylic acids is 1. The summed E-state index contributed by atoms with van der Waals surface area (Å²) in [5.41, 5.74) is 1.89. The van der Waals surface area contributed by atoms with Gasteiger partial charge in [-0.1, -0.05) is 13.0 Å². The molecule has 0 saturated carbocycles. The number of anilines is 3. The Morgan fingerprint density at radius 1 is 1.13 bits per heavy atom. The van der Waals surface area contributed by atoms with Crippen LogP contribution in [0.4, 0.5) is 30.6 Å². The molecule has 10 heteroatoms. The van der Waals surface area contributed by atoms with Gasteiger partial charge in [-0.05, 0) is 54.8 Å². The van der Waals surface area contributed by atoms with Crippen LogP contribution in [-0.4, -0.2) is 32.1 Å². The van der Waals surface area contributed by atoms with Crippen molar-refractivity contribution in [1.82, 2.24) is 15.0 Å². The quantitative estimate of drug-likeness (QED) is 0.490. The van der Waals surface area contributed by atoms with Gasteiger partial charge in [0.25, 0.3) is 0 Å². The molecule has 3 N–H and O–H groups in total. The molecule has 0 aliphatic carbocycles. The zero-order valence-corrected chi connectivity index (χ0v) is 16.7. The van der Waals surface area contributed by atoms with Crippen molar-refractivity contribution >= 4 is 23.4 Å². The molecular formula is C21H20F3N5O2. The molecule has 31 heavy (non-hydrogen) atoms. The highest BCUT2D eigenvalue weighted by atomic mass is 19.4. The van der Waals surface area contributed by atoms with Gasteiger partial charge in [-0.15, -0.1) is 0 Å². The number of carboxylic acid groups (broad SMARTS) is 1. The Morgan fingerprint density at radius 3 is 2.52 bits per heavy atom. The summed E-state index contributed by atoms with van der Waals surface area (Å²) < 4.78 is 38.6. The Kier molecular flexibility index (Phi) is 6.38. The maximum atomic E-state index is 12.9. The third-order valence-electron chi connectivity index (χ3n) is 4.40. The highest BCUT2D eigenvalue weighted by Gasteiger charge is 2.32. The fraction of sp³-hybridized carbons (Fsp3) is 0.238. The van der Waals surface area contributed by atoms with E-state index in [4.69, 9.17) is 5.11 Å². The van der Waals surface area contributed by atoms with E-state index in [1.165, 1.54) is 0 Å². The molecule has 0 radical (unpaired) electrons. The van der Waals surface area contributed by atoms with Gasteiger partial charge in [0.15, 0.2) is 0 Å². The van der Waals surface area contributed by atoms with Crippen molar-refractivity contribution in [2.24, 2.45) is 0 Å². The van der Waals surface area contributed by atoms with Gasteiger partial charge in [0.05, 0.1) is 0 Å². The molecule has 0 spiro atoms. The third-order valence-corrected chi connectivity index (χ3v) is 4.40. The molecule has 162 valence electrons. The second kappa shape index (κ2) is 8.99. The number of alkyl halides is 3. The normalized spacial score (nSPS) is 12.3. The molecule has 2 aromatic heterocycles. The lowest BCUT2D eigenvalue weighted by Crippen LogP contribution is -2.28. The minimum absolute atomic E-state index is 0.164. The molecule has 0 fully saturated rings. The maximum Gasteiger partial charge on any atom is 0.433 e. The van der Waals surface area contributed by atoms with E-state index in [-0.39, 0.29) is 5.95 Å². The molecule has 7 nitrogen and oxygen atoms in total. The Labute approximate surface area is 176 Å². The van der Waals surface area contributed by atoms with Crippen molar-refractivity contribution in [2.45, 2.75) is 32.5 Å². The fourth-order valence-corrected chi connectivity index (χ4v) is 2.89. The van der Waals surface area contributed by atoms with E-state index >= 15 is 0 Å². The highest BCUT2D eigenvalue weighted by Crippen LogP contribution is 2.29. The van der Waals surface area contributed by atoms with Crippen LogP contribution in [0.1, 0.15) is 24.6 Å². The SMILES string of the molecule is CCC(Nc1ccc(-c2cc(C)cc(Nc3nccc(C(F)(F)F)n3)c2)cn1)C(=O)O. The Bertz CT molecular complexity index is 1070. The summed E-state index contributed by atoms with van der Waals surface area (Å²) in [4.78, 5) is 22.8. The molecule has 1 unspecified atom stereocenters. The highest BCUT2D eigenvalue weighted by molar-refractivity contribution is 5.77. The number of aromatic nitrogens is 3. The first-order valence-electron chi connectivity index (χ1n) is 9.40. The number of nitrogens with one attached hydrogen (secondary N) is 2. The lowest BCUT2D eigenvalue weighted by Gasteiger charge is -2.14. The van der Waals surface area contributed by atoms with Gasteiger partial charge in [-0.3, -0.25) is 0 Å². The molecule has 1 aromatic carbocycles. The predicted octanol–water partition coefficient (Wildman–Crippen LogP) is 4.88. The average Bonchev–Trinajstić information content (AvgIpc) is 2.71. The van der Waals surface area contributed by atoms with Crippen molar-refractivity contribution in [3.05, 3.63) is 60.0 Å². The van der Waals surface area contributed by atoms with Crippen molar-refractivity contribution in [3.8, 4) is 11.1 Å². The molecule has 3 rings (SSSR count). The second-order valence-electron chi connectivity index (χ2n) is 6.85. The van der Waals surface area contributed by atoms with Crippen LogP contribution in [0.15, 0.2) is 48.8 Å². The molecule has 0 saturated heterocycles. The summed E-state index contributed by atoms with van der Waals surface area (Å²) in [5, 5.41) is 14.8. The van der Waals surface area contributed by atoms with Gasteiger partial charge < -0.3 is 15.7 Å². The van der Waals surface area contributed by atoms with E-state index in [1.54, 1.807) is 37.4 Å². The van der Waals surface area contributed by atoms with Gasteiger partial charge in [-0.25, -0.2) is 19.7 Å².